The molecule has 1 atom stereocenters. The van der Waals surface area contributed by atoms with Gasteiger partial charge in [-0.2, -0.15) is 0 Å². The van der Waals surface area contributed by atoms with Gasteiger partial charge in [-0.1, -0.05) is 28.1 Å². The summed E-state index contributed by atoms with van der Waals surface area (Å²) in [4.78, 5) is 0. The molecule has 14 heavy (non-hydrogen) atoms. The molecule has 0 amide bonds. The van der Waals surface area contributed by atoms with E-state index in [0.29, 0.717) is 6.54 Å². The minimum absolute atomic E-state index is 0.616. The number of fused-ring (bicyclic) bond motifs is 1. The Labute approximate surface area is 89.6 Å². The number of hydrogen-bond donors (Lipinski definition) is 1. The van der Waals surface area contributed by atoms with Gasteiger partial charge in [0.2, 0.25) is 0 Å². The SMILES string of the molecule is FC(F)C1NCCc2c(Br)cccc21. The minimum atomic E-state index is -2.34. The number of benzene rings is 1. The van der Waals surface area contributed by atoms with Crippen LogP contribution in [0.3, 0.4) is 0 Å². The van der Waals surface area contributed by atoms with Gasteiger partial charge in [-0.25, -0.2) is 8.78 Å². The molecule has 1 aromatic rings. The first kappa shape index (κ1) is 10.1. The molecular formula is C10H10BrF2N. The van der Waals surface area contributed by atoms with Crippen LogP contribution >= 0.6 is 15.9 Å². The van der Waals surface area contributed by atoms with Crippen molar-refractivity contribution in [3.8, 4) is 0 Å². The fourth-order valence-corrected chi connectivity index (χ4v) is 2.40. The van der Waals surface area contributed by atoms with Crippen LogP contribution in [0.2, 0.25) is 0 Å². The second-order valence-corrected chi connectivity index (χ2v) is 4.18. The maximum absolute atomic E-state index is 12.7. The Hall–Kier alpha value is -0.480. The average Bonchev–Trinajstić information content (AvgIpc) is 2.17. The summed E-state index contributed by atoms with van der Waals surface area (Å²) in [6, 6.07) is 4.65. The molecule has 0 fully saturated rings. The fraction of sp³-hybridized carbons (Fsp3) is 0.400. The molecule has 0 aliphatic carbocycles. The molecule has 0 spiro atoms. The molecule has 1 unspecified atom stereocenters. The van der Waals surface area contributed by atoms with Crippen molar-refractivity contribution in [3.63, 3.8) is 0 Å². The van der Waals surface area contributed by atoms with E-state index in [0.717, 1.165) is 22.0 Å². The second-order valence-electron chi connectivity index (χ2n) is 3.32. The van der Waals surface area contributed by atoms with Crippen molar-refractivity contribution in [1.82, 2.24) is 5.32 Å². The highest BCUT2D eigenvalue weighted by Crippen LogP contribution is 2.31. The van der Waals surface area contributed by atoms with Gasteiger partial charge in [0, 0.05) is 4.47 Å². The lowest BCUT2D eigenvalue weighted by Gasteiger charge is -2.26. The predicted molar refractivity (Wildman–Crippen MR) is 54.6 cm³/mol. The topological polar surface area (TPSA) is 12.0 Å². The number of alkyl halides is 2. The zero-order valence-corrected chi connectivity index (χ0v) is 9.02. The molecule has 0 saturated heterocycles. The lowest BCUT2D eigenvalue weighted by Crippen LogP contribution is -2.34. The number of halogens is 3. The lowest BCUT2D eigenvalue weighted by molar-refractivity contribution is 0.0953. The Bertz CT molecular complexity index is 341. The van der Waals surface area contributed by atoms with Crippen molar-refractivity contribution in [3.05, 3.63) is 33.8 Å². The van der Waals surface area contributed by atoms with E-state index < -0.39 is 12.5 Å². The van der Waals surface area contributed by atoms with Gasteiger partial charge in [-0.05, 0) is 30.2 Å². The summed E-state index contributed by atoms with van der Waals surface area (Å²) in [6.07, 6.45) is -1.54. The normalized spacial score (nSPS) is 21.0. The summed E-state index contributed by atoms with van der Waals surface area (Å²) < 4.78 is 26.2. The third kappa shape index (κ3) is 1.68. The van der Waals surface area contributed by atoms with Crippen LogP contribution in [-0.2, 0) is 6.42 Å². The molecule has 0 radical (unpaired) electrons. The average molecular weight is 262 g/mol. The third-order valence-corrected chi connectivity index (χ3v) is 3.22. The summed E-state index contributed by atoms with van der Waals surface area (Å²) >= 11 is 3.39. The summed E-state index contributed by atoms with van der Waals surface area (Å²) in [5, 5.41) is 2.83. The van der Waals surface area contributed by atoms with Crippen LogP contribution in [0, 0.1) is 0 Å². The van der Waals surface area contributed by atoms with Gasteiger partial charge in [0.1, 0.15) is 0 Å². The van der Waals surface area contributed by atoms with Crippen LogP contribution in [0.25, 0.3) is 0 Å². The predicted octanol–water partition coefficient (Wildman–Crippen LogP) is 2.90. The highest BCUT2D eigenvalue weighted by Gasteiger charge is 2.27. The van der Waals surface area contributed by atoms with Crippen LogP contribution in [0.4, 0.5) is 8.78 Å². The molecule has 1 aliphatic heterocycles. The molecule has 1 aromatic carbocycles. The van der Waals surface area contributed by atoms with Crippen molar-refractivity contribution < 1.29 is 8.78 Å². The molecule has 1 nitrogen and oxygen atoms in total. The molecule has 1 heterocycles. The standard InChI is InChI=1S/C10H10BrF2N/c11-8-3-1-2-7-6(8)4-5-14-9(7)10(12)13/h1-3,9-10,14H,4-5H2. The Morgan fingerprint density at radius 3 is 2.93 bits per heavy atom. The first-order valence-corrected chi connectivity index (χ1v) is 5.28. The molecule has 0 saturated carbocycles. The zero-order valence-electron chi connectivity index (χ0n) is 7.43. The largest absolute Gasteiger partial charge is 0.305 e. The molecule has 2 rings (SSSR count). The Morgan fingerprint density at radius 1 is 1.43 bits per heavy atom. The number of rotatable bonds is 1. The quantitative estimate of drug-likeness (QED) is 0.820. The Balaban J connectivity index is 2.44. The Kier molecular flexibility index (Phi) is 2.83. The molecule has 1 N–H and O–H groups in total. The highest BCUT2D eigenvalue weighted by atomic mass is 79.9. The van der Waals surface area contributed by atoms with Crippen molar-refractivity contribution in [2.24, 2.45) is 0 Å². The van der Waals surface area contributed by atoms with Gasteiger partial charge in [0.05, 0.1) is 6.04 Å². The van der Waals surface area contributed by atoms with Gasteiger partial charge >= 0.3 is 0 Å². The summed E-state index contributed by atoms with van der Waals surface area (Å²) in [7, 11) is 0. The number of hydrogen-bond acceptors (Lipinski definition) is 1. The third-order valence-electron chi connectivity index (χ3n) is 2.48. The van der Waals surface area contributed by atoms with Gasteiger partial charge in [0.15, 0.2) is 0 Å². The van der Waals surface area contributed by atoms with Crippen LogP contribution < -0.4 is 5.32 Å². The molecular weight excluding hydrogens is 252 g/mol. The van der Waals surface area contributed by atoms with Crippen molar-refractivity contribution >= 4 is 15.9 Å². The first-order chi connectivity index (χ1) is 6.70. The second kappa shape index (κ2) is 3.95. The first-order valence-electron chi connectivity index (χ1n) is 4.49. The lowest BCUT2D eigenvalue weighted by atomic mass is 9.95. The fourth-order valence-electron chi connectivity index (χ4n) is 1.82. The molecule has 1 aliphatic rings. The minimum Gasteiger partial charge on any atom is -0.305 e. The number of nitrogens with one attached hydrogen (secondary N) is 1. The maximum Gasteiger partial charge on any atom is 0.257 e. The van der Waals surface area contributed by atoms with E-state index in [1.807, 2.05) is 6.07 Å². The van der Waals surface area contributed by atoms with Crippen LogP contribution in [0.1, 0.15) is 17.2 Å². The van der Waals surface area contributed by atoms with E-state index in [2.05, 4.69) is 21.2 Å². The molecule has 0 aromatic heterocycles. The molecule has 4 heteroatoms. The van der Waals surface area contributed by atoms with Crippen molar-refractivity contribution in [2.75, 3.05) is 6.54 Å². The highest BCUT2D eigenvalue weighted by molar-refractivity contribution is 9.10. The van der Waals surface area contributed by atoms with E-state index in [1.165, 1.54) is 0 Å². The van der Waals surface area contributed by atoms with Gasteiger partial charge in [0.25, 0.3) is 6.43 Å². The summed E-state index contributed by atoms with van der Waals surface area (Å²) in [5.74, 6) is 0. The van der Waals surface area contributed by atoms with Gasteiger partial charge < -0.3 is 5.32 Å². The van der Waals surface area contributed by atoms with E-state index in [4.69, 9.17) is 0 Å². The van der Waals surface area contributed by atoms with Crippen LogP contribution in [0.15, 0.2) is 22.7 Å². The van der Waals surface area contributed by atoms with Gasteiger partial charge in [-0.15, -0.1) is 0 Å². The monoisotopic (exact) mass is 261 g/mol. The van der Waals surface area contributed by atoms with Crippen LogP contribution in [0.5, 0.6) is 0 Å². The Morgan fingerprint density at radius 2 is 2.21 bits per heavy atom. The van der Waals surface area contributed by atoms with E-state index >= 15 is 0 Å². The summed E-state index contributed by atoms with van der Waals surface area (Å²) in [5.41, 5.74) is 1.73. The van der Waals surface area contributed by atoms with Gasteiger partial charge in [-0.3, -0.25) is 0 Å². The molecule has 76 valence electrons. The zero-order chi connectivity index (χ0) is 10.1. The van der Waals surface area contributed by atoms with E-state index in [9.17, 15) is 8.78 Å². The van der Waals surface area contributed by atoms with Crippen molar-refractivity contribution in [1.29, 1.82) is 0 Å². The maximum atomic E-state index is 12.7. The molecule has 0 bridgehead atoms. The van der Waals surface area contributed by atoms with E-state index in [-0.39, 0.29) is 0 Å². The van der Waals surface area contributed by atoms with Crippen molar-refractivity contribution in [2.45, 2.75) is 18.9 Å². The smallest absolute Gasteiger partial charge is 0.257 e. The van der Waals surface area contributed by atoms with E-state index in [1.54, 1.807) is 12.1 Å². The van der Waals surface area contributed by atoms with Crippen LogP contribution in [-0.4, -0.2) is 13.0 Å². The summed E-state index contributed by atoms with van der Waals surface area (Å²) in [6.45, 7) is 0.616.